The Bertz CT molecular complexity index is 632. The number of benzene rings is 2. The Morgan fingerprint density at radius 3 is 0.640 bits per heavy atom. The van der Waals surface area contributed by atoms with Gasteiger partial charge >= 0.3 is 18.6 Å². The van der Waals surface area contributed by atoms with Gasteiger partial charge in [-0.05, 0) is 22.3 Å². The molecule has 0 saturated heterocycles. The van der Waals surface area contributed by atoms with Crippen molar-refractivity contribution in [2.45, 2.75) is 0 Å². The number of rotatable bonds is 4. The number of carboxylic acid groups (broad SMARTS) is 4. The van der Waals surface area contributed by atoms with Crippen LogP contribution in [-0.2, 0) is 18.6 Å². The first-order chi connectivity index (χ1) is 11.2. The van der Waals surface area contributed by atoms with Crippen LogP contribution in [0, 0.1) is 0 Å². The van der Waals surface area contributed by atoms with Gasteiger partial charge in [0.2, 0.25) is 0 Å². The molecular formula is C16H8O8V. The van der Waals surface area contributed by atoms with E-state index >= 15 is 0 Å². The van der Waals surface area contributed by atoms with Gasteiger partial charge in [-0.15, -0.1) is 0 Å². The summed E-state index contributed by atoms with van der Waals surface area (Å²) in [6, 6.07) is 9.23. The predicted molar refractivity (Wildman–Crippen MR) is 70.2 cm³/mol. The van der Waals surface area contributed by atoms with Crippen molar-refractivity contribution < 1.29 is 58.2 Å². The fourth-order valence-corrected chi connectivity index (χ4v) is 1.48. The molecule has 0 bridgehead atoms. The van der Waals surface area contributed by atoms with Gasteiger partial charge in [0, 0.05) is 0 Å². The summed E-state index contributed by atoms with van der Waals surface area (Å²) in [6.07, 6.45) is 0. The van der Waals surface area contributed by atoms with Crippen LogP contribution >= 0.6 is 0 Å². The van der Waals surface area contributed by atoms with E-state index in [0.29, 0.717) is 0 Å². The molecule has 0 saturated carbocycles. The molecule has 25 heavy (non-hydrogen) atoms. The Morgan fingerprint density at radius 1 is 0.440 bits per heavy atom. The van der Waals surface area contributed by atoms with Gasteiger partial charge in [0.1, 0.15) is 0 Å². The van der Waals surface area contributed by atoms with E-state index in [1.165, 1.54) is 0 Å². The van der Waals surface area contributed by atoms with Crippen LogP contribution in [-0.4, -0.2) is 23.9 Å². The molecule has 8 nitrogen and oxygen atoms in total. The Hall–Kier alpha value is -3.10. The zero-order chi connectivity index (χ0) is 18.3. The number of hydrogen-bond donors (Lipinski definition) is 0. The van der Waals surface area contributed by atoms with E-state index in [2.05, 4.69) is 0 Å². The molecule has 0 spiro atoms. The maximum Gasteiger partial charge on any atom is 4.00 e. The summed E-state index contributed by atoms with van der Waals surface area (Å²) in [5.41, 5.74) is -0.222. The monoisotopic (exact) mass is 379 g/mol. The van der Waals surface area contributed by atoms with Gasteiger partial charge < -0.3 is 39.6 Å². The van der Waals surface area contributed by atoms with Crippen molar-refractivity contribution in [3.05, 3.63) is 70.8 Å². The van der Waals surface area contributed by atoms with E-state index in [-0.39, 0.29) is 40.8 Å². The molecule has 0 aliphatic carbocycles. The van der Waals surface area contributed by atoms with Crippen LogP contribution in [0.25, 0.3) is 0 Å². The number of carbonyl (C=O) groups is 4. The van der Waals surface area contributed by atoms with Crippen LogP contribution in [0.15, 0.2) is 48.5 Å². The van der Waals surface area contributed by atoms with Crippen molar-refractivity contribution >= 4 is 23.9 Å². The van der Waals surface area contributed by atoms with E-state index in [1.807, 2.05) is 0 Å². The Kier molecular flexibility index (Phi) is 8.69. The van der Waals surface area contributed by atoms with Gasteiger partial charge in [-0.25, -0.2) is 0 Å². The third-order valence-corrected chi connectivity index (χ3v) is 2.71. The molecule has 0 N–H and O–H groups in total. The smallest absolute Gasteiger partial charge is 0.545 e. The summed E-state index contributed by atoms with van der Waals surface area (Å²) in [5.74, 6) is -5.33. The average Bonchev–Trinajstić information content (AvgIpc) is 2.55. The second-order valence-corrected chi connectivity index (χ2v) is 4.30. The molecule has 2 rings (SSSR count). The SMILES string of the molecule is O=C([O-])c1ccc(C(=O)[O-])cc1.O=C([O-])c1ccc(C(=O)[O-])cc1.[V+4]. The largest absolute Gasteiger partial charge is 4.00 e. The minimum absolute atomic E-state index is 0. The molecule has 0 unspecified atom stereocenters. The van der Waals surface area contributed by atoms with E-state index in [4.69, 9.17) is 0 Å². The van der Waals surface area contributed by atoms with Crippen LogP contribution < -0.4 is 20.4 Å². The zero-order valence-electron chi connectivity index (χ0n) is 12.3. The van der Waals surface area contributed by atoms with E-state index in [1.54, 1.807) is 0 Å². The van der Waals surface area contributed by atoms with Crippen molar-refractivity contribution in [1.29, 1.82) is 0 Å². The summed E-state index contributed by atoms with van der Waals surface area (Å²) < 4.78 is 0. The number of carbonyl (C=O) groups excluding carboxylic acids is 4. The van der Waals surface area contributed by atoms with Gasteiger partial charge in [0.25, 0.3) is 0 Å². The maximum atomic E-state index is 10.2. The van der Waals surface area contributed by atoms with Crippen molar-refractivity contribution in [2.75, 3.05) is 0 Å². The molecule has 0 amide bonds. The van der Waals surface area contributed by atoms with Crippen LogP contribution in [0.4, 0.5) is 0 Å². The predicted octanol–water partition coefficient (Wildman–Crippen LogP) is -3.18. The first kappa shape index (κ1) is 21.9. The number of hydrogen-bond acceptors (Lipinski definition) is 8. The van der Waals surface area contributed by atoms with Crippen molar-refractivity contribution in [1.82, 2.24) is 0 Å². The van der Waals surface area contributed by atoms with Crippen LogP contribution in [0.3, 0.4) is 0 Å². The summed E-state index contributed by atoms with van der Waals surface area (Å²) in [4.78, 5) is 40.8. The first-order valence-corrected chi connectivity index (χ1v) is 6.28. The molecule has 2 aromatic carbocycles. The van der Waals surface area contributed by atoms with Crippen LogP contribution in [0.1, 0.15) is 41.4 Å². The molecule has 0 fully saturated rings. The number of carboxylic acids is 4. The van der Waals surface area contributed by atoms with Crippen LogP contribution in [0.5, 0.6) is 0 Å². The fourth-order valence-electron chi connectivity index (χ4n) is 1.48. The first-order valence-electron chi connectivity index (χ1n) is 6.28. The molecule has 2 aromatic rings. The van der Waals surface area contributed by atoms with E-state index in [9.17, 15) is 39.6 Å². The second-order valence-electron chi connectivity index (χ2n) is 4.30. The summed E-state index contributed by atoms with van der Waals surface area (Å²) in [5, 5.41) is 40.8. The minimum Gasteiger partial charge on any atom is -0.545 e. The normalized spacial score (nSPS) is 8.96. The van der Waals surface area contributed by atoms with Crippen LogP contribution in [0.2, 0.25) is 0 Å². The maximum absolute atomic E-state index is 10.2. The quantitative estimate of drug-likeness (QED) is 0.537. The summed E-state index contributed by atoms with van der Waals surface area (Å²) >= 11 is 0. The molecule has 125 valence electrons. The Labute approximate surface area is 153 Å². The van der Waals surface area contributed by atoms with Gasteiger partial charge in [-0.2, -0.15) is 0 Å². The standard InChI is InChI=1S/2C8H6O4.V/c2*9-7(10)5-1-2-6(4-3-5)8(11)12;/h2*1-4H,(H,9,10)(H,11,12);/q;;+4/p-4. The number of aromatic carboxylic acids is 4. The molecule has 9 heteroatoms. The zero-order valence-corrected chi connectivity index (χ0v) is 13.7. The van der Waals surface area contributed by atoms with Gasteiger partial charge in [-0.1, -0.05) is 48.5 Å². The molecule has 0 aliphatic heterocycles. The fraction of sp³-hybridized carbons (Fsp3) is 0. The third kappa shape index (κ3) is 6.90. The van der Waals surface area contributed by atoms with Crippen molar-refractivity contribution in [3.8, 4) is 0 Å². The van der Waals surface area contributed by atoms with E-state index in [0.717, 1.165) is 48.5 Å². The van der Waals surface area contributed by atoms with Gasteiger partial charge in [0.05, 0.1) is 23.9 Å². The van der Waals surface area contributed by atoms with Gasteiger partial charge in [0.15, 0.2) is 0 Å². The Balaban J connectivity index is 0.000000443. The molecule has 0 heterocycles. The van der Waals surface area contributed by atoms with E-state index < -0.39 is 23.9 Å². The molecule has 0 aromatic heterocycles. The average molecular weight is 379 g/mol. The second kappa shape index (κ2) is 9.91. The van der Waals surface area contributed by atoms with Gasteiger partial charge in [-0.3, -0.25) is 0 Å². The molecular weight excluding hydrogens is 371 g/mol. The molecule has 0 atom stereocenters. The molecule has 1 radical (unpaired) electrons. The molecule has 0 aliphatic rings. The summed E-state index contributed by atoms with van der Waals surface area (Å²) in [6.45, 7) is 0. The minimum atomic E-state index is -1.33. The third-order valence-electron chi connectivity index (χ3n) is 2.71. The Morgan fingerprint density at radius 2 is 0.560 bits per heavy atom. The van der Waals surface area contributed by atoms with Crippen molar-refractivity contribution in [2.24, 2.45) is 0 Å². The topological polar surface area (TPSA) is 161 Å². The summed E-state index contributed by atoms with van der Waals surface area (Å²) in [7, 11) is 0. The van der Waals surface area contributed by atoms with Crippen molar-refractivity contribution in [3.63, 3.8) is 0 Å².